The number of benzene rings is 1. The Balaban J connectivity index is 1.88. The van der Waals surface area contributed by atoms with Gasteiger partial charge in [0.1, 0.15) is 0 Å². The minimum absolute atomic E-state index is 0.0222. The third kappa shape index (κ3) is 3.79. The Labute approximate surface area is 118 Å². The second kappa shape index (κ2) is 6.49. The Morgan fingerprint density at radius 2 is 2.05 bits per heavy atom. The molecule has 6 nitrogen and oxygen atoms in total. The fourth-order valence-corrected chi connectivity index (χ4v) is 2.48. The SMILES string of the molecule is CC(=O)NC1CCN(Cc2ccc(C(=O)NN)cc2)C1. The Morgan fingerprint density at radius 1 is 1.35 bits per heavy atom. The molecule has 1 aromatic rings. The van der Waals surface area contributed by atoms with Crippen molar-refractivity contribution in [2.24, 2.45) is 5.84 Å². The quantitative estimate of drug-likeness (QED) is 0.410. The molecule has 108 valence electrons. The highest BCUT2D eigenvalue weighted by Gasteiger charge is 2.22. The summed E-state index contributed by atoms with van der Waals surface area (Å²) >= 11 is 0. The molecule has 1 fully saturated rings. The highest BCUT2D eigenvalue weighted by Crippen LogP contribution is 2.14. The average molecular weight is 276 g/mol. The minimum Gasteiger partial charge on any atom is -0.352 e. The zero-order valence-corrected chi connectivity index (χ0v) is 11.6. The van der Waals surface area contributed by atoms with Gasteiger partial charge in [-0.1, -0.05) is 12.1 Å². The van der Waals surface area contributed by atoms with E-state index in [4.69, 9.17) is 5.84 Å². The lowest BCUT2D eigenvalue weighted by Gasteiger charge is -2.16. The third-order valence-electron chi connectivity index (χ3n) is 3.43. The molecule has 1 aliphatic heterocycles. The van der Waals surface area contributed by atoms with E-state index in [0.717, 1.165) is 31.6 Å². The van der Waals surface area contributed by atoms with Gasteiger partial charge in [-0.15, -0.1) is 0 Å². The van der Waals surface area contributed by atoms with E-state index in [9.17, 15) is 9.59 Å². The number of carbonyl (C=O) groups excluding carboxylic acids is 2. The van der Waals surface area contributed by atoms with E-state index in [-0.39, 0.29) is 17.9 Å². The van der Waals surface area contributed by atoms with Gasteiger partial charge in [0, 0.05) is 38.2 Å². The van der Waals surface area contributed by atoms with E-state index in [0.29, 0.717) is 5.56 Å². The molecular formula is C14H20N4O2. The normalized spacial score (nSPS) is 18.8. The third-order valence-corrected chi connectivity index (χ3v) is 3.43. The Bertz CT molecular complexity index is 486. The number of nitrogens with zero attached hydrogens (tertiary/aromatic N) is 1. The van der Waals surface area contributed by atoms with Crippen molar-refractivity contribution in [2.45, 2.75) is 25.9 Å². The van der Waals surface area contributed by atoms with Crippen molar-refractivity contribution >= 4 is 11.8 Å². The number of hydrogen-bond donors (Lipinski definition) is 3. The van der Waals surface area contributed by atoms with Crippen molar-refractivity contribution in [3.8, 4) is 0 Å². The summed E-state index contributed by atoms with van der Waals surface area (Å²) in [5.41, 5.74) is 3.80. The molecule has 1 aliphatic rings. The number of hydrazine groups is 1. The number of nitrogens with one attached hydrogen (secondary N) is 2. The van der Waals surface area contributed by atoms with Crippen molar-refractivity contribution in [2.75, 3.05) is 13.1 Å². The number of nitrogen functional groups attached to an aromatic ring is 1. The number of nitrogens with two attached hydrogens (primary N) is 1. The first-order valence-corrected chi connectivity index (χ1v) is 6.68. The van der Waals surface area contributed by atoms with Crippen LogP contribution in [0.1, 0.15) is 29.3 Å². The summed E-state index contributed by atoms with van der Waals surface area (Å²) < 4.78 is 0. The predicted molar refractivity (Wildman–Crippen MR) is 75.6 cm³/mol. The molecule has 1 atom stereocenters. The molecule has 2 rings (SSSR count). The van der Waals surface area contributed by atoms with E-state index in [1.54, 1.807) is 19.1 Å². The summed E-state index contributed by atoms with van der Waals surface area (Å²) in [6.45, 7) is 4.20. The van der Waals surface area contributed by atoms with Crippen LogP contribution < -0.4 is 16.6 Å². The first-order valence-electron chi connectivity index (χ1n) is 6.68. The van der Waals surface area contributed by atoms with Gasteiger partial charge in [-0.05, 0) is 24.1 Å². The fraction of sp³-hybridized carbons (Fsp3) is 0.429. The van der Waals surface area contributed by atoms with E-state index in [1.165, 1.54) is 0 Å². The molecule has 4 N–H and O–H groups in total. The summed E-state index contributed by atoms with van der Waals surface area (Å²) in [7, 11) is 0. The fourth-order valence-electron chi connectivity index (χ4n) is 2.48. The van der Waals surface area contributed by atoms with Crippen LogP contribution in [-0.2, 0) is 11.3 Å². The highest BCUT2D eigenvalue weighted by atomic mass is 16.2. The molecule has 1 heterocycles. The van der Waals surface area contributed by atoms with Crippen molar-refractivity contribution in [1.82, 2.24) is 15.6 Å². The highest BCUT2D eigenvalue weighted by molar-refractivity contribution is 5.93. The predicted octanol–water partition coefficient (Wildman–Crippen LogP) is 0.000500. The van der Waals surface area contributed by atoms with E-state index in [1.807, 2.05) is 12.1 Å². The monoisotopic (exact) mass is 276 g/mol. The van der Waals surface area contributed by atoms with Gasteiger partial charge in [-0.3, -0.25) is 19.9 Å². The zero-order valence-electron chi connectivity index (χ0n) is 11.6. The van der Waals surface area contributed by atoms with Crippen molar-refractivity contribution in [3.63, 3.8) is 0 Å². The molecule has 0 spiro atoms. The van der Waals surface area contributed by atoms with Gasteiger partial charge >= 0.3 is 0 Å². The van der Waals surface area contributed by atoms with Crippen LogP contribution >= 0.6 is 0 Å². The Morgan fingerprint density at radius 3 is 2.65 bits per heavy atom. The lowest BCUT2D eigenvalue weighted by atomic mass is 10.1. The van der Waals surface area contributed by atoms with Crippen LogP contribution in [0.5, 0.6) is 0 Å². The van der Waals surface area contributed by atoms with Gasteiger partial charge in [0.05, 0.1) is 0 Å². The molecule has 0 aliphatic carbocycles. The van der Waals surface area contributed by atoms with Gasteiger partial charge in [0.25, 0.3) is 5.91 Å². The van der Waals surface area contributed by atoms with Crippen LogP contribution in [0, 0.1) is 0 Å². The Hall–Kier alpha value is -1.92. The van der Waals surface area contributed by atoms with Crippen LogP contribution in [0.2, 0.25) is 0 Å². The van der Waals surface area contributed by atoms with Crippen LogP contribution in [0.15, 0.2) is 24.3 Å². The lowest BCUT2D eigenvalue weighted by molar-refractivity contribution is -0.119. The van der Waals surface area contributed by atoms with E-state index < -0.39 is 0 Å². The maximum atomic E-state index is 11.3. The summed E-state index contributed by atoms with van der Waals surface area (Å²) in [5.74, 6) is 4.82. The van der Waals surface area contributed by atoms with Crippen molar-refractivity contribution in [3.05, 3.63) is 35.4 Å². The molecule has 20 heavy (non-hydrogen) atoms. The first kappa shape index (κ1) is 14.5. The lowest BCUT2D eigenvalue weighted by Crippen LogP contribution is -2.35. The van der Waals surface area contributed by atoms with Gasteiger partial charge in [0.2, 0.25) is 5.91 Å². The van der Waals surface area contributed by atoms with Gasteiger partial charge in [-0.25, -0.2) is 5.84 Å². The van der Waals surface area contributed by atoms with Gasteiger partial charge in [0.15, 0.2) is 0 Å². The molecule has 6 heteroatoms. The first-order chi connectivity index (χ1) is 9.58. The second-order valence-electron chi connectivity index (χ2n) is 5.09. The van der Waals surface area contributed by atoms with Crippen LogP contribution in [-0.4, -0.2) is 35.8 Å². The maximum absolute atomic E-state index is 11.3. The zero-order chi connectivity index (χ0) is 14.5. The largest absolute Gasteiger partial charge is 0.352 e. The minimum atomic E-state index is -0.288. The second-order valence-corrected chi connectivity index (χ2v) is 5.09. The average Bonchev–Trinajstić information content (AvgIpc) is 2.85. The summed E-state index contributed by atoms with van der Waals surface area (Å²) in [5, 5.41) is 2.94. The molecule has 0 saturated carbocycles. The summed E-state index contributed by atoms with van der Waals surface area (Å²) in [6.07, 6.45) is 0.979. The molecule has 1 unspecified atom stereocenters. The van der Waals surface area contributed by atoms with Gasteiger partial charge < -0.3 is 5.32 Å². The molecule has 0 bridgehead atoms. The van der Waals surface area contributed by atoms with Crippen LogP contribution in [0.4, 0.5) is 0 Å². The van der Waals surface area contributed by atoms with Crippen LogP contribution in [0.25, 0.3) is 0 Å². The molecule has 1 aromatic carbocycles. The summed E-state index contributed by atoms with van der Waals surface area (Å²) in [6, 6.07) is 7.62. The molecular weight excluding hydrogens is 256 g/mol. The number of amides is 2. The molecule has 0 radical (unpaired) electrons. The van der Waals surface area contributed by atoms with Gasteiger partial charge in [-0.2, -0.15) is 0 Å². The number of likely N-dealkylation sites (tertiary alicyclic amines) is 1. The number of hydrogen-bond acceptors (Lipinski definition) is 4. The smallest absolute Gasteiger partial charge is 0.265 e. The van der Waals surface area contributed by atoms with Crippen LogP contribution in [0.3, 0.4) is 0 Å². The molecule has 0 aromatic heterocycles. The maximum Gasteiger partial charge on any atom is 0.265 e. The van der Waals surface area contributed by atoms with E-state index >= 15 is 0 Å². The number of rotatable bonds is 4. The molecule has 2 amide bonds. The van der Waals surface area contributed by atoms with E-state index in [2.05, 4.69) is 15.6 Å². The van der Waals surface area contributed by atoms with Crippen molar-refractivity contribution in [1.29, 1.82) is 0 Å². The summed E-state index contributed by atoms with van der Waals surface area (Å²) in [4.78, 5) is 24.6. The molecule has 1 saturated heterocycles. The standard InChI is InChI=1S/C14H20N4O2/c1-10(19)16-13-6-7-18(9-13)8-11-2-4-12(5-3-11)14(20)17-15/h2-5,13H,6-9,15H2,1H3,(H,16,19)(H,17,20). The van der Waals surface area contributed by atoms with Crippen molar-refractivity contribution < 1.29 is 9.59 Å². The topological polar surface area (TPSA) is 87.5 Å². The number of carbonyl (C=O) groups is 2. The Kier molecular flexibility index (Phi) is 4.70.